The van der Waals surface area contributed by atoms with Crippen LogP contribution in [0.4, 0.5) is 0 Å². The second kappa shape index (κ2) is 7.67. The van der Waals surface area contributed by atoms with E-state index >= 15 is 0 Å². The Kier molecular flexibility index (Phi) is 4.99. The minimum Gasteiger partial charge on any atom is -0.477 e. The van der Waals surface area contributed by atoms with Gasteiger partial charge in [0.15, 0.2) is 0 Å². The number of hydrogen-bond donors (Lipinski definition) is 2. The fourth-order valence-electron chi connectivity index (χ4n) is 5.44. The van der Waals surface area contributed by atoms with Gasteiger partial charge in [-0.2, -0.15) is 0 Å². The topological polar surface area (TPSA) is 73.4 Å². The number of aromatic nitrogens is 1. The van der Waals surface area contributed by atoms with Gasteiger partial charge in [0, 0.05) is 19.0 Å². The summed E-state index contributed by atoms with van der Waals surface area (Å²) < 4.78 is 0.843. The van der Waals surface area contributed by atoms with Gasteiger partial charge in [0.05, 0.1) is 10.5 Å². The van der Waals surface area contributed by atoms with Crippen molar-refractivity contribution in [3.05, 3.63) is 69.3 Å². The highest BCUT2D eigenvalue weighted by Crippen LogP contribution is 2.46. The molecule has 5 nitrogen and oxygen atoms in total. The van der Waals surface area contributed by atoms with E-state index in [-0.39, 0.29) is 4.87 Å². The molecule has 1 aliphatic carbocycles. The lowest BCUT2D eigenvalue weighted by Gasteiger charge is -2.40. The molecule has 2 atom stereocenters. The first kappa shape index (κ1) is 19.5. The predicted molar refractivity (Wildman–Crippen MR) is 120 cm³/mol. The highest BCUT2D eigenvalue weighted by Gasteiger charge is 2.41. The molecule has 6 heteroatoms. The maximum Gasteiger partial charge on any atom is 0.456 e. The summed E-state index contributed by atoms with van der Waals surface area (Å²) in [6.45, 7) is 2.72. The number of piperidine rings is 1. The normalized spacial score (nSPS) is 19.8. The van der Waals surface area contributed by atoms with Crippen LogP contribution in [0.15, 0.2) is 53.3 Å². The molecule has 5 rings (SSSR count). The third-order valence-electron chi connectivity index (χ3n) is 7.10. The zero-order chi connectivity index (χ0) is 20.7. The molecule has 156 valence electrons. The predicted octanol–water partition coefficient (Wildman–Crippen LogP) is 4.27. The lowest BCUT2D eigenvalue weighted by Crippen LogP contribution is -2.42. The van der Waals surface area contributed by atoms with Crippen LogP contribution >= 0.6 is 10.5 Å². The molecule has 1 aromatic heterocycles. The van der Waals surface area contributed by atoms with Crippen molar-refractivity contribution in [3.63, 3.8) is 0 Å². The lowest BCUT2D eigenvalue weighted by molar-refractivity contribution is -0.137. The Labute approximate surface area is 178 Å². The third-order valence-corrected chi connectivity index (χ3v) is 9.44. The smallest absolute Gasteiger partial charge is 0.456 e. The first-order chi connectivity index (χ1) is 14.6. The molecule has 0 radical (unpaired) electrons. The minimum atomic E-state index is -0.934. The molecule has 30 heavy (non-hydrogen) atoms. The number of thiazole rings is 1. The van der Waals surface area contributed by atoms with Crippen molar-refractivity contribution in [1.29, 1.82) is 0 Å². The fraction of sp³-hybridized carbons (Fsp3) is 0.417. The summed E-state index contributed by atoms with van der Waals surface area (Å²) in [6, 6.07) is 16.3. The highest BCUT2D eigenvalue weighted by atomic mass is 32.2. The van der Waals surface area contributed by atoms with Crippen molar-refractivity contribution >= 4 is 26.7 Å². The summed E-state index contributed by atoms with van der Waals surface area (Å²) in [5.41, 5.74) is 4.11. The van der Waals surface area contributed by atoms with E-state index in [1.807, 2.05) is 24.3 Å². The van der Waals surface area contributed by atoms with Gasteiger partial charge in [0.25, 0.3) is 0 Å². The van der Waals surface area contributed by atoms with E-state index in [0.29, 0.717) is 11.8 Å². The number of hydrogen-bond acceptors (Lipinski definition) is 3. The number of nitrogens with zero attached hydrogens (tertiary/aromatic N) is 1. The zero-order valence-corrected chi connectivity index (χ0v) is 17.8. The third kappa shape index (κ3) is 3.28. The second-order valence-corrected chi connectivity index (χ2v) is 10.7. The number of H-pyrrole nitrogens is 1. The average Bonchev–Trinajstić information content (AvgIpc) is 3.28. The number of carbonyl (C=O) groups is 1. The van der Waals surface area contributed by atoms with Gasteiger partial charge in [-0.05, 0) is 61.4 Å². The van der Waals surface area contributed by atoms with Crippen LogP contribution in [0.5, 0.6) is 0 Å². The van der Waals surface area contributed by atoms with E-state index in [2.05, 4.69) is 34.1 Å². The van der Waals surface area contributed by atoms with Crippen molar-refractivity contribution < 1.29 is 9.90 Å². The van der Waals surface area contributed by atoms with Crippen molar-refractivity contribution in [3.8, 4) is 0 Å². The monoisotopic (exact) mass is 423 g/mol. The first-order valence-electron chi connectivity index (χ1n) is 10.7. The number of aryl methyl sites for hydroxylation is 1. The van der Waals surface area contributed by atoms with Crippen LogP contribution in [-0.4, -0.2) is 40.6 Å². The summed E-state index contributed by atoms with van der Waals surface area (Å²) in [6.07, 6.45) is 5.18. The zero-order valence-electron chi connectivity index (χ0n) is 17.0. The molecule has 0 bridgehead atoms. The molecule has 0 amide bonds. The molecule has 3 aromatic rings. The highest BCUT2D eigenvalue weighted by molar-refractivity contribution is 7.37. The van der Waals surface area contributed by atoms with Crippen LogP contribution in [0.2, 0.25) is 0 Å². The van der Waals surface area contributed by atoms with Crippen molar-refractivity contribution in [2.45, 2.75) is 42.8 Å². The molecule has 2 heterocycles. The van der Waals surface area contributed by atoms with Crippen LogP contribution < -0.4 is 4.87 Å². The standard InChI is InChI=1S/C24H26N2O3S/c27-22(28)21(30-20-8-4-3-7-19(20)25-23(30)29)10-14-26-15-12-24(13-16-26)11-9-17-5-1-2-6-18(17)24/h1-8,21H,9-16H2,(H-,25,27,28,29)/p+1. The van der Waals surface area contributed by atoms with Gasteiger partial charge in [0.2, 0.25) is 9.95 Å². The SMILES string of the molecule is O=C(O)C(CCN1CCC2(CCc3ccccc32)CC1)[s+]1c(=O)[nH]c2ccccc21. The number of rotatable bonds is 5. The molecule has 2 aromatic carbocycles. The van der Waals surface area contributed by atoms with Crippen LogP contribution in [0, 0.1) is 0 Å². The van der Waals surface area contributed by atoms with E-state index in [4.69, 9.17) is 0 Å². The van der Waals surface area contributed by atoms with Crippen molar-refractivity contribution in [1.82, 2.24) is 9.88 Å². The summed E-state index contributed by atoms with van der Waals surface area (Å²) in [5.74, 6) is -0.872. The van der Waals surface area contributed by atoms with Gasteiger partial charge in [-0.25, -0.2) is 9.59 Å². The van der Waals surface area contributed by atoms with Gasteiger partial charge in [-0.15, -0.1) is 0 Å². The van der Waals surface area contributed by atoms with E-state index in [9.17, 15) is 14.7 Å². The van der Waals surface area contributed by atoms with Gasteiger partial charge < -0.3 is 10.0 Å². The van der Waals surface area contributed by atoms with Gasteiger partial charge in [-0.3, -0.25) is 4.98 Å². The van der Waals surface area contributed by atoms with Crippen molar-refractivity contribution in [2.24, 2.45) is 0 Å². The van der Waals surface area contributed by atoms with Crippen LogP contribution in [0.25, 0.3) is 10.2 Å². The number of fused-ring (bicyclic) bond motifs is 3. The maximum absolute atomic E-state index is 12.5. The van der Waals surface area contributed by atoms with E-state index in [1.54, 1.807) is 0 Å². The number of aromatic amines is 1. The van der Waals surface area contributed by atoms with Crippen LogP contribution in [0.3, 0.4) is 0 Å². The molecular formula is C24H27N2O3S+. The maximum atomic E-state index is 12.5. The molecule has 1 fully saturated rings. The molecule has 2 aliphatic rings. The van der Waals surface area contributed by atoms with Gasteiger partial charge in [0.1, 0.15) is 5.52 Å². The Balaban J connectivity index is 1.28. The molecule has 1 spiro atoms. The summed E-state index contributed by atoms with van der Waals surface area (Å²) >= 11 is 0. The number of likely N-dealkylation sites (tertiary alicyclic amines) is 1. The number of aliphatic carboxylic acids is 1. The molecule has 1 saturated heterocycles. The van der Waals surface area contributed by atoms with Gasteiger partial charge in [-0.1, -0.05) is 36.4 Å². The largest absolute Gasteiger partial charge is 0.477 e. The molecular weight excluding hydrogens is 396 g/mol. The molecule has 2 unspecified atom stereocenters. The first-order valence-corrected chi connectivity index (χ1v) is 12.0. The van der Waals surface area contributed by atoms with E-state index in [0.717, 1.165) is 42.7 Å². The Bertz CT molecular complexity index is 1140. The summed E-state index contributed by atoms with van der Waals surface area (Å²) in [5, 5.41) is 9.22. The number of carboxylic acids is 1. The van der Waals surface area contributed by atoms with Crippen LogP contribution in [0.1, 0.15) is 42.1 Å². The van der Waals surface area contributed by atoms with E-state index in [1.165, 1.54) is 24.0 Å². The summed E-state index contributed by atoms with van der Waals surface area (Å²) in [4.78, 5) is 29.7. The number of para-hydroxylation sites is 1. The number of carboxylic acid groups (broad SMARTS) is 1. The second-order valence-electron chi connectivity index (χ2n) is 8.64. The lowest BCUT2D eigenvalue weighted by atomic mass is 9.74. The Morgan fingerprint density at radius 2 is 1.83 bits per heavy atom. The number of benzene rings is 2. The molecule has 1 aliphatic heterocycles. The quantitative estimate of drug-likeness (QED) is 0.601. The fourth-order valence-corrected chi connectivity index (χ4v) is 7.55. The molecule has 2 N–H and O–H groups in total. The molecule has 0 saturated carbocycles. The Hall–Kier alpha value is -2.44. The Morgan fingerprint density at radius 3 is 2.63 bits per heavy atom. The average molecular weight is 424 g/mol. The van der Waals surface area contributed by atoms with Crippen molar-refractivity contribution in [2.75, 3.05) is 19.6 Å². The van der Waals surface area contributed by atoms with E-state index < -0.39 is 21.7 Å². The summed E-state index contributed by atoms with van der Waals surface area (Å²) in [7, 11) is -0.934. The van der Waals surface area contributed by atoms with Gasteiger partial charge >= 0.3 is 10.8 Å². The van der Waals surface area contributed by atoms with Crippen LogP contribution in [-0.2, 0) is 16.6 Å². The Morgan fingerprint density at radius 1 is 1.10 bits per heavy atom. The number of nitrogens with one attached hydrogen (secondary N) is 1. The minimum absolute atomic E-state index is 0.163.